The number of benzene rings is 2. The highest BCUT2D eigenvalue weighted by atomic mass is 32.2. The van der Waals surface area contributed by atoms with Crippen LogP contribution in [-0.2, 0) is 9.84 Å². The van der Waals surface area contributed by atoms with Crippen LogP contribution in [0.2, 0.25) is 0 Å². The van der Waals surface area contributed by atoms with Gasteiger partial charge in [0.2, 0.25) is 9.84 Å². The molecule has 0 aliphatic carbocycles. The topological polar surface area (TPSA) is 86.9 Å². The normalized spacial score (nSPS) is 16.3. The van der Waals surface area contributed by atoms with Crippen molar-refractivity contribution in [3.05, 3.63) is 59.3 Å². The molecular weight excluding hydrogens is 408 g/mol. The summed E-state index contributed by atoms with van der Waals surface area (Å²) in [7, 11) is -3.97. The van der Waals surface area contributed by atoms with Crippen LogP contribution in [0.4, 0.5) is 5.82 Å². The van der Waals surface area contributed by atoms with Crippen LogP contribution in [0.3, 0.4) is 0 Å². The lowest BCUT2D eigenvalue weighted by atomic mass is 9.99. The van der Waals surface area contributed by atoms with Crippen molar-refractivity contribution >= 4 is 26.7 Å². The molecular formula is C24H26N4O2S. The van der Waals surface area contributed by atoms with Crippen molar-refractivity contribution in [3.63, 3.8) is 0 Å². The summed E-state index contributed by atoms with van der Waals surface area (Å²) in [4.78, 5) is 11.7. The van der Waals surface area contributed by atoms with Gasteiger partial charge in [0.05, 0.1) is 22.0 Å². The summed E-state index contributed by atoms with van der Waals surface area (Å²) in [5.74, 6) is 1.11. The van der Waals surface area contributed by atoms with E-state index in [1.54, 1.807) is 24.3 Å². The molecule has 0 unspecified atom stereocenters. The Balaban J connectivity index is 1.88. The van der Waals surface area contributed by atoms with E-state index in [2.05, 4.69) is 16.8 Å². The molecule has 160 valence electrons. The number of aryl methyl sites for hydroxylation is 2. The van der Waals surface area contributed by atoms with Crippen LogP contribution in [0.25, 0.3) is 11.0 Å². The zero-order valence-electron chi connectivity index (χ0n) is 18.0. The minimum Gasteiger partial charge on any atom is -0.355 e. The number of fused-ring (bicyclic) bond motifs is 1. The molecule has 1 aliphatic heterocycles. The standard InChI is InChI=1S/C24H26N4O2S/c1-16-10-12-28(13-11-16)24-23(26-20-6-4-5-7-21(20)27-24)22(15-25)31(29,30)19-9-8-17(2)18(3)14-19/h4-9,14,16,22H,10-13H2,1-3H3/t22-/m0/s1. The van der Waals surface area contributed by atoms with Crippen molar-refractivity contribution in [2.24, 2.45) is 5.92 Å². The number of nitriles is 1. The average Bonchev–Trinajstić information content (AvgIpc) is 2.76. The molecule has 0 saturated carbocycles. The summed E-state index contributed by atoms with van der Waals surface area (Å²) in [6, 6.07) is 14.4. The molecule has 0 bridgehead atoms. The van der Waals surface area contributed by atoms with E-state index in [-0.39, 0.29) is 10.6 Å². The number of para-hydroxylation sites is 2. The summed E-state index contributed by atoms with van der Waals surface area (Å²) in [6.45, 7) is 7.54. The molecule has 0 spiro atoms. The lowest BCUT2D eigenvalue weighted by molar-refractivity contribution is 0.436. The Morgan fingerprint density at radius 3 is 2.29 bits per heavy atom. The van der Waals surface area contributed by atoms with Gasteiger partial charge in [-0.25, -0.2) is 18.4 Å². The zero-order valence-corrected chi connectivity index (χ0v) is 18.9. The van der Waals surface area contributed by atoms with E-state index in [0.29, 0.717) is 22.8 Å². The molecule has 1 aromatic heterocycles. The molecule has 7 heteroatoms. The molecule has 0 amide bonds. The molecule has 3 aromatic rings. The Morgan fingerprint density at radius 1 is 1.03 bits per heavy atom. The maximum atomic E-state index is 13.5. The zero-order chi connectivity index (χ0) is 22.2. The van der Waals surface area contributed by atoms with Gasteiger partial charge in [0.25, 0.3) is 0 Å². The Kier molecular flexibility index (Phi) is 5.67. The predicted molar refractivity (Wildman–Crippen MR) is 122 cm³/mol. The highest BCUT2D eigenvalue weighted by Crippen LogP contribution is 2.35. The maximum Gasteiger partial charge on any atom is 0.200 e. The molecule has 0 N–H and O–H groups in total. The van der Waals surface area contributed by atoms with E-state index in [1.807, 2.05) is 38.1 Å². The van der Waals surface area contributed by atoms with Crippen LogP contribution < -0.4 is 4.90 Å². The smallest absolute Gasteiger partial charge is 0.200 e. The fourth-order valence-electron chi connectivity index (χ4n) is 3.94. The minimum absolute atomic E-state index is 0.135. The fraction of sp³-hybridized carbons (Fsp3) is 0.375. The minimum atomic E-state index is -3.97. The van der Waals surface area contributed by atoms with Gasteiger partial charge in [0, 0.05) is 13.1 Å². The largest absolute Gasteiger partial charge is 0.355 e. The van der Waals surface area contributed by atoms with E-state index < -0.39 is 15.1 Å². The van der Waals surface area contributed by atoms with E-state index in [1.165, 1.54) is 0 Å². The first-order valence-corrected chi connectivity index (χ1v) is 12.1. The second-order valence-electron chi connectivity index (χ2n) is 8.39. The second kappa shape index (κ2) is 8.27. The molecule has 6 nitrogen and oxygen atoms in total. The van der Waals surface area contributed by atoms with Gasteiger partial charge in [0.15, 0.2) is 11.1 Å². The lowest BCUT2D eigenvalue weighted by Crippen LogP contribution is -2.35. The van der Waals surface area contributed by atoms with Gasteiger partial charge in [-0.15, -0.1) is 0 Å². The van der Waals surface area contributed by atoms with Crippen LogP contribution in [0.5, 0.6) is 0 Å². The van der Waals surface area contributed by atoms with E-state index in [9.17, 15) is 13.7 Å². The van der Waals surface area contributed by atoms with Gasteiger partial charge in [-0.3, -0.25) is 0 Å². The van der Waals surface area contributed by atoms with Gasteiger partial charge in [-0.05, 0) is 68.0 Å². The van der Waals surface area contributed by atoms with Crippen molar-refractivity contribution in [1.29, 1.82) is 5.26 Å². The van der Waals surface area contributed by atoms with Gasteiger partial charge in [0.1, 0.15) is 5.69 Å². The van der Waals surface area contributed by atoms with Gasteiger partial charge >= 0.3 is 0 Å². The van der Waals surface area contributed by atoms with E-state index >= 15 is 0 Å². The molecule has 2 heterocycles. The van der Waals surface area contributed by atoms with E-state index in [0.717, 1.165) is 37.1 Å². The fourth-order valence-corrected chi connectivity index (χ4v) is 5.40. The average molecular weight is 435 g/mol. The monoisotopic (exact) mass is 434 g/mol. The van der Waals surface area contributed by atoms with Crippen molar-refractivity contribution in [3.8, 4) is 6.07 Å². The number of rotatable bonds is 4. The van der Waals surface area contributed by atoms with Crippen LogP contribution in [0.15, 0.2) is 47.4 Å². The molecule has 4 rings (SSSR count). The Morgan fingerprint density at radius 2 is 1.68 bits per heavy atom. The highest BCUT2D eigenvalue weighted by Gasteiger charge is 2.35. The number of aromatic nitrogens is 2. The molecule has 31 heavy (non-hydrogen) atoms. The summed E-state index contributed by atoms with van der Waals surface area (Å²) in [5.41, 5.74) is 3.37. The molecule has 1 atom stereocenters. The van der Waals surface area contributed by atoms with Gasteiger partial charge in [-0.1, -0.05) is 25.1 Å². The van der Waals surface area contributed by atoms with Crippen molar-refractivity contribution in [2.45, 2.75) is 43.8 Å². The van der Waals surface area contributed by atoms with Gasteiger partial charge < -0.3 is 4.90 Å². The number of piperidine rings is 1. The molecule has 1 saturated heterocycles. The summed E-state index contributed by atoms with van der Waals surface area (Å²) >= 11 is 0. The highest BCUT2D eigenvalue weighted by molar-refractivity contribution is 7.92. The van der Waals surface area contributed by atoms with E-state index in [4.69, 9.17) is 4.98 Å². The SMILES string of the molecule is Cc1ccc(S(=O)(=O)[C@@H](C#N)c2nc3ccccc3nc2N2CCC(C)CC2)cc1C. The van der Waals surface area contributed by atoms with Crippen LogP contribution >= 0.6 is 0 Å². The van der Waals surface area contributed by atoms with Crippen LogP contribution in [-0.4, -0.2) is 31.5 Å². The summed E-state index contributed by atoms with van der Waals surface area (Å²) in [6.07, 6.45) is 1.99. The Labute approximate surface area is 183 Å². The van der Waals surface area contributed by atoms with Crippen LogP contribution in [0, 0.1) is 31.1 Å². The third-order valence-electron chi connectivity index (χ3n) is 6.14. The third-order valence-corrected chi connectivity index (χ3v) is 8.00. The number of hydrogen-bond acceptors (Lipinski definition) is 6. The summed E-state index contributed by atoms with van der Waals surface area (Å²) < 4.78 is 27.1. The van der Waals surface area contributed by atoms with Crippen molar-refractivity contribution in [2.75, 3.05) is 18.0 Å². The lowest BCUT2D eigenvalue weighted by Gasteiger charge is -2.32. The van der Waals surface area contributed by atoms with Gasteiger partial charge in [-0.2, -0.15) is 5.26 Å². The Hall–Kier alpha value is -2.98. The van der Waals surface area contributed by atoms with Crippen molar-refractivity contribution in [1.82, 2.24) is 9.97 Å². The maximum absolute atomic E-state index is 13.5. The molecule has 0 radical (unpaired) electrons. The number of anilines is 1. The molecule has 1 fully saturated rings. The molecule has 1 aliphatic rings. The third kappa shape index (κ3) is 4.00. The quantitative estimate of drug-likeness (QED) is 0.600. The first-order valence-electron chi connectivity index (χ1n) is 10.5. The first kappa shape index (κ1) is 21.3. The summed E-state index contributed by atoms with van der Waals surface area (Å²) in [5, 5.41) is 8.59. The second-order valence-corrected chi connectivity index (χ2v) is 10.4. The number of sulfone groups is 1. The Bertz CT molecular complexity index is 1270. The molecule has 2 aromatic carbocycles. The van der Waals surface area contributed by atoms with Crippen LogP contribution in [0.1, 0.15) is 41.8 Å². The first-order chi connectivity index (χ1) is 14.8. The predicted octanol–water partition coefficient (Wildman–Crippen LogP) is 4.52. The number of hydrogen-bond donors (Lipinski definition) is 0. The number of nitrogens with zero attached hydrogens (tertiary/aromatic N) is 4. The van der Waals surface area contributed by atoms with Crippen molar-refractivity contribution < 1.29 is 8.42 Å².